The van der Waals surface area contributed by atoms with Crippen molar-refractivity contribution in [1.82, 2.24) is 5.32 Å². The SMILES string of the molecule is CC(CCOCc1ccccc1)CC12C=CC=CC1C(=O)NC2=O. The van der Waals surface area contributed by atoms with Crippen LogP contribution in [0.15, 0.2) is 54.6 Å². The third-order valence-corrected chi connectivity index (χ3v) is 4.86. The van der Waals surface area contributed by atoms with Crippen molar-refractivity contribution in [3.63, 3.8) is 0 Å². The highest BCUT2D eigenvalue weighted by Gasteiger charge is 2.53. The maximum Gasteiger partial charge on any atom is 0.237 e. The minimum absolute atomic E-state index is 0.171. The molecule has 0 saturated carbocycles. The Balaban J connectivity index is 1.52. The van der Waals surface area contributed by atoms with Crippen molar-refractivity contribution in [1.29, 1.82) is 0 Å². The van der Waals surface area contributed by atoms with Crippen molar-refractivity contribution in [2.75, 3.05) is 6.61 Å². The van der Waals surface area contributed by atoms with E-state index in [9.17, 15) is 9.59 Å². The quantitative estimate of drug-likeness (QED) is 0.619. The lowest BCUT2D eigenvalue weighted by atomic mass is 9.69. The Labute approximate surface area is 142 Å². The molecule has 1 N–H and O–H groups in total. The Morgan fingerprint density at radius 1 is 1.21 bits per heavy atom. The predicted molar refractivity (Wildman–Crippen MR) is 91.8 cm³/mol. The van der Waals surface area contributed by atoms with Crippen molar-refractivity contribution in [3.8, 4) is 0 Å². The topological polar surface area (TPSA) is 55.4 Å². The second kappa shape index (κ2) is 7.14. The molecule has 0 spiro atoms. The first-order chi connectivity index (χ1) is 11.6. The van der Waals surface area contributed by atoms with Gasteiger partial charge in [0.05, 0.1) is 17.9 Å². The Hall–Kier alpha value is -2.20. The molecule has 1 aliphatic heterocycles. The second-order valence-electron chi connectivity index (χ2n) is 6.72. The van der Waals surface area contributed by atoms with Crippen molar-refractivity contribution in [2.45, 2.75) is 26.4 Å². The fourth-order valence-corrected chi connectivity index (χ4v) is 3.54. The zero-order valence-electron chi connectivity index (χ0n) is 13.9. The van der Waals surface area contributed by atoms with Gasteiger partial charge in [-0.3, -0.25) is 14.9 Å². The fraction of sp³-hybridized carbons (Fsp3) is 0.400. The largest absolute Gasteiger partial charge is 0.377 e. The average Bonchev–Trinajstić information content (AvgIpc) is 2.83. The highest BCUT2D eigenvalue weighted by molar-refractivity contribution is 6.09. The molecule has 3 atom stereocenters. The normalized spacial score (nSPS) is 26.3. The molecule has 0 bridgehead atoms. The van der Waals surface area contributed by atoms with E-state index in [1.807, 2.05) is 54.6 Å². The molecule has 1 aromatic rings. The molecule has 1 aromatic carbocycles. The van der Waals surface area contributed by atoms with Crippen LogP contribution < -0.4 is 5.32 Å². The molecule has 24 heavy (non-hydrogen) atoms. The van der Waals surface area contributed by atoms with Crippen LogP contribution in [0.25, 0.3) is 0 Å². The van der Waals surface area contributed by atoms with Gasteiger partial charge in [0, 0.05) is 6.61 Å². The summed E-state index contributed by atoms with van der Waals surface area (Å²) < 4.78 is 5.74. The fourth-order valence-electron chi connectivity index (χ4n) is 3.54. The molecule has 3 unspecified atom stereocenters. The zero-order valence-corrected chi connectivity index (χ0v) is 13.9. The zero-order chi connectivity index (χ0) is 17.0. The number of amides is 2. The van der Waals surface area contributed by atoms with Crippen molar-refractivity contribution < 1.29 is 14.3 Å². The molecule has 2 amide bonds. The second-order valence-corrected chi connectivity index (χ2v) is 6.72. The standard InChI is InChI=1S/C20H23NO3/c1-15(10-12-24-14-16-7-3-2-4-8-16)13-20-11-6-5-9-17(20)18(22)21-19(20)23/h2-9,11,15,17H,10,12-14H2,1H3,(H,21,22,23). The van der Waals surface area contributed by atoms with Gasteiger partial charge < -0.3 is 4.74 Å². The lowest BCUT2D eigenvalue weighted by Crippen LogP contribution is -2.35. The van der Waals surface area contributed by atoms with Gasteiger partial charge in [0.2, 0.25) is 11.8 Å². The Kier molecular flexibility index (Phi) is 4.95. The van der Waals surface area contributed by atoms with E-state index in [4.69, 9.17) is 4.74 Å². The van der Waals surface area contributed by atoms with E-state index in [-0.39, 0.29) is 23.7 Å². The van der Waals surface area contributed by atoms with Crippen LogP contribution in [0.2, 0.25) is 0 Å². The molecule has 0 aromatic heterocycles. The maximum absolute atomic E-state index is 12.3. The summed E-state index contributed by atoms with van der Waals surface area (Å²) >= 11 is 0. The molecule has 3 rings (SSSR count). The first-order valence-corrected chi connectivity index (χ1v) is 8.45. The van der Waals surface area contributed by atoms with E-state index in [1.54, 1.807) is 0 Å². The van der Waals surface area contributed by atoms with Crippen LogP contribution in [0, 0.1) is 17.3 Å². The summed E-state index contributed by atoms with van der Waals surface area (Å²) in [6.07, 6.45) is 8.95. The first kappa shape index (κ1) is 16.7. The van der Waals surface area contributed by atoms with E-state index in [0.717, 1.165) is 12.0 Å². The van der Waals surface area contributed by atoms with Crippen LogP contribution >= 0.6 is 0 Å². The van der Waals surface area contributed by atoms with Gasteiger partial charge in [-0.15, -0.1) is 0 Å². The third-order valence-electron chi connectivity index (χ3n) is 4.86. The van der Waals surface area contributed by atoms with Crippen LogP contribution in [-0.2, 0) is 20.9 Å². The monoisotopic (exact) mass is 325 g/mol. The molecule has 1 aliphatic carbocycles. The number of carbonyl (C=O) groups excluding carboxylic acids is 2. The summed E-state index contributed by atoms with van der Waals surface area (Å²) in [6.45, 7) is 3.36. The molecular weight excluding hydrogens is 302 g/mol. The number of rotatable bonds is 7. The van der Waals surface area contributed by atoms with Crippen LogP contribution in [0.3, 0.4) is 0 Å². The number of allylic oxidation sites excluding steroid dienone is 2. The van der Waals surface area contributed by atoms with E-state index in [2.05, 4.69) is 12.2 Å². The Bertz CT molecular complexity index is 665. The summed E-state index contributed by atoms with van der Waals surface area (Å²) in [5.74, 6) is -0.443. The van der Waals surface area contributed by atoms with Gasteiger partial charge in [0.25, 0.3) is 0 Å². The number of benzene rings is 1. The number of nitrogens with one attached hydrogen (secondary N) is 1. The van der Waals surface area contributed by atoms with E-state index in [0.29, 0.717) is 19.6 Å². The van der Waals surface area contributed by atoms with Crippen LogP contribution in [0.4, 0.5) is 0 Å². The maximum atomic E-state index is 12.3. The number of hydrogen-bond acceptors (Lipinski definition) is 3. The van der Waals surface area contributed by atoms with Gasteiger partial charge in [0.1, 0.15) is 0 Å². The lowest BCUT2D eigenvalue weighted by molar-refractivity contribution is -0.127. The summed E-state index contributed by atoms with van der Waals surface area (Å²) in [7, 11) is 0. The number of imide groups is 1. The molecule has 1 saturated heterocycles. The van der Waals surface area contributed by atoms with Crippen LogP contribution in [0.5, 0.6) is 0 Å². The van der Waals surface area contributed by atoms with Crippen molar-refractivity contribution in [3.05, 3.63) is 60.2 Å². The van der Waals surface area contributed by atoms with Gasteiger partial charge in [-0.25, -0.2) is 0 Å². The van der Waals surface area contributed by atoms with Gasteiger partial charge >= 0.3 is 0 Å². The van der Waals surface area contributed by atoms with Crippen LogP contribution in [0.1, 0.15) is 25.3 Å². The first-order valence-electron chi connectivity index (χ1n) is 8.45. The summed E-state index contributed by atoms with van der Waals surface area (Å²) in [5.41, 5.74) is 0.440. The van der Waals surface area contributed by atoms with E-state index < -0.39 is 5.41 Å². The van der Waals surface area contributed by atoms with Gasteiger partial charge in [-0.2, -0.15) is 0 Å². The molecule has 2 aliphatic rings. The summed E-state index contributed by atoms with van der Waals surface area (Å²) in [5, 5.41) is 2.48. The highest BCUT2D eigenvalue weighted by atomic mass is 16.5. The number of hydrogen-bond donors (Lipinski definition) is 1. The van der Waals surface area contributed by atoms with Crippen molar-refractivity contribution >= 4 is 11.8 Å². The summed E-state index contributed by atoms with van der Waals surface area (Å²) in [6, 6.07) is 10.1. The van der Waals surface area contributed by atoms with Gasteiger partial charge in [0.15, 0.2) is 0 Å². The average molecular weight is 325 g/mol. The van der Waals surface area contributed by atoms with Crippen molar-refractivity contribution in [2.24, 2.45) is 17.3 Å². The molecular formula is C20H23NO3. The van der Waals surface area contributed by atoms with E-state index in [1.165, 1.54) is 0 Å². The molecule has 0 radical (unpaired) electrons. The molecule has 4 heteroatoms. The van der Waals surface area contributed by atoms with Crippen LogP contribution in [-0.4, -0.2) is 18.4 Å². The Morgan fingerprint density at radius 3 is 2.79 bits per heavy atom. The molecule has 1 heterocycles. The molecule has 4 nitrogen and oxygen atoms in total. The van der Waals surface area contributed by atoms with Gasteiger partial charge in [-0.1, -0.05) is 61.6 Å². The minimum atomic E-state index is -0.718. The summed E-state index contributed by atoms with van der Waals surface area (Å²) in [4.78, 5) is 24.3. The smallest absolute Gasteiger partial charge is 0.237 e. The van der Waals surface area contributed by atoms with Gasteiger partial charge in [-0.05, 0) is 24.3 Å². The Morgan fingerprint density at radius 2 is 2.00 bits per heavy atom. The number of ether oxygens (including phenoxy) is 1. The van der Waals surface area contributed by atoms with E-state index >= 15 is 0 Å². The molecule has 126 valence electrons. The molecule has 1 fully saturated rings. The number of fused-ring (bicyclic) bond motifs is 1. The lowest BCUT2D eigenvalue weighted by Gasteiger charge is -2.31. The predicted octanol–water partition coefficient (Wildman–Crippen LogP) is 3.00. The minimum Gasteiger partial charge on any atom is -0.377 e. The third kappa shape index (κ3) is 3.34. The highest BCUT2D eigenvalue weighted by Crippen LogP contribution is 2.44. The number of carbonyl (C=O) groups is 2.